The van der Waals surface area contributed by atoms with Gasteiger partial charge in [-0.1, -0.05) is 115 Å². The van der Waals surface area contributed by atoms with Crippen LogP contribution in [0.15, 0.2) is 121 Å². The van der Waals surface area contributed by atoms with E-state index in [0.717, 1.165) is 17.5 Å². The highest BCUT2D eigenvalue weighted by molar-refractivity contribution is 5.83. The maximum atomic E-state index is 13.5. The second kappa shape index (κ2) is 13.5. The molecule has 1 heterocycles. The SMILES string of the molecule is O=C(Cc1ccc(CO[N+](=O)[O-])cc1)N1CC[C@H](c2cccc(-c3ccccc3)c2)[C@@H](OCc2ccc3ccccc3c2)C1. The largest absolute Gasteiger partial charge is 0.371 e. The summed E-state index contributed by atoms with van der Waals surface area (Å²) in [6.45, 7) is 1.49. The van der Waals surface area contributed by atoms with Gasteiger partial charge in [0, 0.05) is 19.0 Å². The Morgan fingerprint density at radius 3 is 2.25 bits per heavy atom. The maximum Gasteiger partial charge on any atom is 0.294 e. The minimum atomic E-state index is -0.808. The topological polar surface area (TPSA) is 81.9 Å². The van der Waals surface area contributed by atoms with Crippen LogP contribution < -0.4 is 0 Å². The molecule has 0 bridgehead atoms. The van der Waals surface area contributed by atoms with Crippen LogP contribution in [0.5, 0.6) is 0 Å². The summed E-state index contributed by atoms with van der Waals surface area (Å²) < 4.78 is 6.66. The first-order valence-corrected chi connectivity index (χ1v) is 14.9. The smallest absolute Gasteiger partial charge is 0.294 e. The number of carbonyl (C=O) groups excluding carboxylic acids is 1. The van der Waals surface area contributed by atoms with Crippen LogP contribution in [0.2, 0.25) is 0 Å². The van der Waals surface area contributed by atoms with Crippen LogP contribution in [0.25, 0.3) is 21.9 Å². The van der Waals surface area contributed by atoms with Crippen LogP contribution in [0.3, 0.4) is 0 Å². The standard InChI is InChI=1S/C37H34N2O5/c40-37(22-27-13-15-28(16-14-27)26-44-39(41)42)38-20-19-35(34-12-6-11-33(23-34)30-7-2-1-3-8-30)36(24-38)43-25-29-17-18-31-9-4-5-10-32(31)21-29/h1-18,21,23,35-36H,19-20,22,24-26H2/t35-,36+/m1/s1. The molecule has 7 heteroatoms. The van der Waals surface area contributed by atoms with E-state index in [9.17, 15) is 14.9 Å². The van der Waals surface area contributed by atoms with Crippen LogP contribution in [0, 0.1) is 10.1 Å². The second-order valence-corrected chi connectivity index (χ2v) is 11.2. The van der Waals surface area contributed by atoms with Crippen molar-refractivity contribution in [2.24, 2.45) is 0 Å². The Hall–Kier alpha value is -5.01. The summed E-state index contributed by atoms with van der Waals surface area (Å²) in [5.74, 6) is 0.180. The molecule has 0 unspecified atom stereocenters. The molecule has 6 rings (SSSR count). The molecule has 5 aromatic carbocycles. The lowest BCUT2D eigenvalue weighted by atomic mass is 9.85. The van der Waals surface area contributed by atoms with Crippen molar-refractivity contribution in [1.82, 2.24) is 4.90 Å². The zero-order valence-corrected chi connectivity index (χ0v) is 24.4. The van der Waals surface area contributed by atoms with Crippen molar-refractivity contribution in [2.75, 3.05) is 13.1 Å². The fraction of sp³-hybridized carbons (Fsp3) is 0.216. The fourth-order valence-electron chi connectivity index (χ4n) is 5.97. The summed E-state index contributed by atoms with van der Waals surface area (Å²) in [6.07, 6.45) is 0.873. The van der Waals surface area contributed by atoms with Crippen LogP contribution in [-0.4, -0.2) is 35.1 Å². The van der Waals surface area contributed by atoms with Crippen LogP contribution in [0.4, 0.5) is 0 Å². The van der Waals surface area contributed by atoms with E-state index in [4.69, 9.17) is 4.74 Å². The lowest BCUT2D eigenvalue weighted by Gasteiger charge is -2.39. The van der Waals surface area contributed by atoms with Crippen molar-refractivity contribution in [3.05, 3.63) is 154 Å². The molecule has 0 spiro atoms. The number of fused-ring (bicyclic) bond motifs is 1. The van der Waals surface area contributed by atoms with Gasteiger partial charge in [-0.15, -0.1) is 10.1 Å². The molecule has 1 amide bonds. The Morgan fingerprint density at radius 2 is 1.45 bits per heavy atom. The van der Waals surface area contributed by atoms with Gasteiger partial charge in [0.15, 0.2) is 0 Å². The van der Waals surface area contributed by atoms with Crippen molar-refractivity contribution in [2.45, 2.75) is 38.1 Å². The first-order chi connectivity index (χ1) is 21.5. The van der Waals surface area contributed by atoms with Gasteiger partial charge in [0.25, 0.3) is 5.09 Å². The van der Waals surface area contributed by atoms with Gasteiger partial charge in [-0.05, 0) is 56.6 Å². The number of rotatable bonds is 10. The Bertz CT molecular complexity index is 1740. The highest BCUT2D eigenvalue weighted by Crippen LogP contribution is 2.34. The van der Waals surface area contributed by atoms with Gasteiger partial charge in [0.1, 0.15) is 6.61 Å². The predicted molar refractivity (Wildman–Crippen MR) is 170 cm³/mol. The van der Waals surface area contributed by atoms with Crippen molar-refractivity contribution in [3.8, 4) is 11.1 Å². The molecular weight excluding hydrogens is 552 g/mol. The third-order valence-corrected chi connectivity index (χ3v) is 8.33. The number of likely N-dealkylation sites (tertiary alicyclic amines) is 1. The number of benzene rings is 5. The number of carbonyl (C=O) groups is 1. The number of piperidine rings is 1. The molecule has 0 N–H and O–H groups in total. The van der Waals surface area contributed by atoms with E-state index in [1.54, 1.807) is 12.1 Å². The average molecular weight is 587 g/mol. The molecule has 44 heavy (non-hydrogen) atoms. The van der Waals surface area contributed by atoms with E-state index < -0.39 is 5.09 Å². The Kier molecular flexibility index (Phi) is 8.94. The molecule has 0 saturated carbocycles. The van der Waals surface area contributed by atoms with Gasteiger partial charge in [-0.25, -0.2) is 0 Å². The summed E-state index contributed by atoms with van der Waals surface area (Å²) in [5, 5.41) is 12.0. The van der Waals surface area contributed by atoms with Crippen molar-refractivity contribution in [1.29, 1.82) is 0 Å². The molecule has 1 aliphatic heterocycles. The van der Waals surface area contributed by atoms with Gasteiger partial charge in [-0.3, -0.25) is 4.79 Å². The zero-order valence-electron chi connectivity index (χ0n) is 24.4. The molecule has 0 aliphatic carbocycles. The van der Waals surface area contributed by atoms with Crippen LogP contribution in [-0.2, 0) is 34.0 Å². The minimum absolute atomic E-state index is 0.0371. The minimum Gasteiger partial charge on any atom is -0.371 e. The summed E-state index contributed by atoms with van der Waals surface area (Å²) in [6, 6.07) is 40.9. The van der Waals surface area contributed by atoms with E-state index in [1.807, 2.05) is 35.2 Å². The zero-order chi connectivity index (χ0) is 30.3. The van der Waals surface area contributed by atoms with Crippen molar-refractivity contribution in [3.63, 3.8) is 0 Å². The molecule has 222 valence electrons. The van der Waals surface area contributed by atoms with Gasteiger partial charge in [0.05, 0.1) is 19.1 Å². The maximum absolute atomic E-state index is 13.5. The summed E-state index contributed by atoms with van der Waals surface area (Å²) in [4.78, 5) is 30.3. The molecule has 0 aromatic heterocycles. The highest BCUT2D eigenvalue weighted by atomic mass is 16.9. The Morgan fingerprint density at radius 1 is 0.750 bits per heavy atom. The number of nitrogens with zero attached hydrogens (tertiary/aromatic N) is 2. The van der Waals surface area contributed by atoms with Gasteiger partial charge in [-0.2, -0.15) is 0 Å². The average Bonchev–Trinajstić information content (AvgIpc) is 3.07. The Balaban J connectivity index is 1.19. The molecule has 1 aliphatic rings. The van der Waals surface area contributed by atoms with Crippen molar-refractivity contribution < 1.29 is 19.5 Å². The summed E-state index contributed by atoms with van der Waals surface area (Å²) in [5.41, 5.74) is 6.19. The predicted octanol–water partition coefficient (Wildman–Crippen LogP) is 7.36. The van der Waals surface area contributed by atoms with Crippen molar-refractivity contribution >= 4 is 16.7 Å². The monoisotopic (exact) mass is 586 g/mol. The number of hydrogen-bond donors (Lipinski definition) is 0. The third kappa shape index (κ3) is 7.13. The number of amides is 1. The molecular formula is C37H34N2O5. The first-order valence-electron chi connectivity index (χ1n) is 14.9. The van der Waals surface area contributed by atoms with E-state index in [0.29, 0.717) is 25.3 Å². The quantitative estimate of drug-likeness (QED) is 0.126. The molecule has 1 fully saturated rings. The molecule has 2 atom stereocenters. The lowest BCUT2D eigenvalue weighted by Crippen LogP contribution is -2.47. The number of hydrogen-bond acceptors (Lipinski definition) is 5. The highest BCUT2D eigenvalue weighted by Gasteiger charge is 2.33. The molecule has 0 radical (unpaired) electrons. The fourth-order valence-corrected chi connectivity index (χ4v) is 5.97. The van der Waals surface area contributed by atoms with Crippen LogP contribution >= 0.6 is 0 Å². The molecule has 5 aromatic rings. The summed E-state index contributed by atoms with van der Waals surface area (Å²) in [7, 11) is 0. The van der Waals surface area contributed by atoms with E-state index in [1.165, 1.54) is 27.5 Å². The molecule has 7 nitrogen and oxygen atoms in total. The van der Waals surface area contributed by atoms with E-state index in [-0.39, 0.29) is 31.0 Å². The van der Waals surface area contributed by atoms with Gasteiger partial charge in [0.2, 0.25) is 5.91 Å². The van der Waals surface area contributed by atoms with Crippen LogP contribution in [0.1, 0.15) is 34.6 Å². The summed E-state index contributed by atoms with van der Waals surface area (Å²) >= 11 is 0. The molecule has 1 saturated heterocycles. The van der Waals surface area contributed by atoms with E-state index in [2.05, 4.69) is 83.7 Å². The normalized spacial score (nSPS) is 16.5. The first kappa shape index (κ1) is 29.1. The van der Waals surface area contributed by atoms with Gasteiger partial charge >= 0.3 is 0 Å². The van der Waals surface area contributed by atoms with Gasteiger partial charge < -0.3 is 14.5 Å². The second-order valence-electron chi connectivity index (χ2n) is 11.2. The third-order valence-electron chi connectivity index (χ3n) is 8.33. The number of ether oxygens (including phenoxy) is 1. The Labute approximate surface area is 256 Å². The van der Waals surface area contributed by atoms with E-state index >= 15 is 0 Å². The lowest BCUT2D eigenvalue weighted by molar-refractivity contribution is -0.763.